The number of phenols is 1. The van der Waals surface area contributed by atoms with Gasteiger partial charge in [0.25, 0.3) is 5.78 Å². The molecule has 4 rings (SSSR count). The zero-order valence-corrected chi connectivity index (χ0v) is 14.4. The van der Waals surface area contributed by atoms with Crippen LogP contribution in [0.1, 0.15) is 30.9 Å². The summed E-state index contributed by atoms with van der Waals surface area (Å²) >= 11 is 0. The van der Waals surface area contributed by atoms with Crippen LogP contribution in [0.2, 0.25) is 0 Å². The molecule has 0 saturated heterocycles. The van der Waals surface area contributed by atoms with Crippen molar-refractivity contribution in [3.05, 3.63) is 45.9 Å². The van der Waals surface area contributed by atoms with E-state index >= 15 is 0 Å². The summed E-state index contributed by atoms with van der Waals surface area (Å²) in [7, 11) is 0. The first kappa shape index (κ1) is 16.2. The second-order valence-electron chi connectivity index (χ2n) is 6.19. The van der Waals surface area contributed by atoms with Crippen molar-refractivity contribution >= 4 is 16.7 Å². The third-order valence-electron chi connectivity index (χ3n) is 4.50. The first-order valence-electron chi connectivity index (χ1n) is 8.43. The van der Waals surface area contributed by atoms with Crippen LogP contribution in [0.4, 0.5) is 0 Å². The molecule has 3 aromatic heterocycles. The molecule has 1 N–H and O–H groups in total. The molecule has 0 amide bonds. The van der Waals surface area contributed by atoms with Crippen LogP contribution >= 0.6 is 0 Å². The van der Waals surface area contributed by atoms with Crippen molar-refractivity contribution in [2.45, 2.75) is 33.1 Å². The minimum Gasteiger partial charge on any atom is -0.507 e. The lowest BCUT2D eigenvalue weighted by Gasteiger charge is -2.13. The molecule has 0 spiro atoms. The molecular weight excluding hydrogens is 334 g/mol. The largest absolute Gasteiger partial charge is 0.507 e. The lowest BCUT2D eigenvalue weighted by atomic mass is 9.97. The van der Waals surface area contributed by atoms with E-state index in [2.05, 4.69) is 27.4 Å². The first-order valence-corrected chi connectivity index (χ1v) is 8.43. The Hall–Kier alpha value is -3.29. The molecule has 26 heavy (non-hydrogen) atoms. The average molecular weight is 351 g/mol. The second kappa shape index (κ2) is 6.21. The molecular formula is C18H17N5O3. The number of phenolic OH excluding ortho intramolecular Hbond substituents is 1. The molecule has 0 fully saturated rings. The van der Waals surface area contributed by atoms with Crippen LogP contribution in [0.3, 0.4) is 0 Å². The predicted molar refractivity (Wildman–Crippen MR) is 95.1 cm³/mol. The van der Waals surface area contributed by atoms with E-state index in [1.165, 1.54) is 10.6 Å². The fraction of sp³-hybridized carbons (Fsp3) is 0.278. The Labute approximate surface area is 148 Å². The summed E-state index contributed by atoms with van der Waals surface area (Å²) in [6, 6.07) is 5.08. The van der Waals surface area contributed by atoms with Crippen LogP contribution in [-0.2, 0) is 6.42 Å². The number of fused-ring (bicyclic) bond motifs is 2. The molecule has 0 bridgehead atoms. The van der Waals surface area contributed by atoms with Gasteiger partial charge in [0, 0.05) is 28.8 Å². The Morgan fingerprint density at radius 3 is 2.96 bits per heavy atom. The van der Waals surface area contributed by atoms with Crippen molar-refractivity contribution in [2.24, 2.45) is 0 Å². The van der Waals surface area contributed by atoms with Gasteiger partial charge in [0.15, 0.2) is 0 Å². The summed E-state index contributed by atoms with van der Waals surface area (Å²) in [5, 5.41) is 23.0. The third-order valence-corrected chi connectivity index (χ3v) is 4.50. The SMILES string of the molecule is CCCCc1cc(=O)oc2c(C)c(O)c(-c3ccnc4nnnn34)cc12. The lowest BCUT2D eigenvalue weighted by Crippen LogP contribution is -2.03. The monoisotopic (exact) mass is 351 g/mol. The fourth-order valence-electron chi connectivity index (χ4n) is 3.15. The summed E-state index contributed by atoms with van der Waals surface area (Å²) in [5.41, 5.74) is 2.57. The zero-order chi connectivity index (χ0) is 18.3. The number of benzene rings is 1. The Morgan fingerprint density at radius 1 is 1.31 bits per heavy atom. The quantitative estimate of drug-likeness (QED) is 0.563. The van der Waals surface area contributed by atoms with E-state index in [-0.39, 0.29) is 5.75 Å². The fourth-order valence-corrected chi connectivity index (χ4v) is 3.15. The van der Waals surface area contributed by atoms with Gasteiger partial charge in [-0.3, -0.25) is 0 Å². The molecule has 0 unspecified atom stereocenters. The second-order valence-corrected chi connectivity index (χ2v) is 6.19. The number of hydrogen-bond acceptors (Lipinski definition) is 7. The normalized spacial score (nSPS) is 11.5. The van der Waals surface area contributed by atoms with E-state index in [1.54, 1.807) is 19.2 Å². The smallest absolute Gasteiger partial charge is 0.336 e. The minimum absolute atomic E-state index is 0.0243. The number of aromatic hydroxyl groups is 1. The number of nitrogens with zero attached hydrogens (tertiary/aromatic N) is 5. The van der Waals surface area contributed by atoms with Gasteiger partial charge in [-0.05, 0) is 47.9 Å². The van der Waals surface area contributed by atoms with E-state index in [4.69, 9.17) is 4.42 Å². The maximum Gasteiger partial charge on any atom is 0.336 e. The van der Waals surface area contributed by atoms with Crippen LogP contribution in [-0.4, -0.2) is 30.1 Å². The van der Waals surface area contributed by atoms with E-state index in [0.29, 0.717) is 28.2 Å². The highest BCUT2D eigenvalue weighted by Gasteiger charge is 2.18. The predicted octanol–water partition coefficient (Wildman–Crippen LogP) is 2.65. The van der Waals surface area contributed by atoms with Crippen molar-refractivity contribution in [3.8, 4) is 17.0 Å². The summed E-state index contributed by atoms with van der Waals surface area (Å²) in [6.07, 6.45) is 4.32. The van der Waals surface area contributed by atoms with Gasteiger partial charge in [-0.1, -0.05) is 18.4 Å². The van der Waals surface area contributed by atoms with Gasteiger partial charge in [0.2, 0.25) is 0 Å². The lowest BCUT2D eigenvalue weighted by molar-refractivity contribution is 0.469. The van der Waals surface area contributed by atoms with Gasteiger partial charge in [0.1, 0.15) is 11.3 Å². The number of rotatable bonds is 4. The van der Waals surface area contributed by atoms with Gasteiger partial charge in [-0.2, -0.15) is 4.52 Å². The molecule has 0 aliphatic carbocycles. The number of hydrogen-bond donors (Lipinski definition) is 1. The molecule has 8 nitrogen and oxygen atoms in total. The highest BCUT2D eigenvalue weighted by Crippen LogP contribution is 2.37. The molecule has 3 heterocycles. The van der Waals surface area contributed by atoms with Crippen molar-refractivity contribution in [1.29, 1.82) is 0 Å². The Morgan fingerprint density at radius 2 is 2.15 bits per heavy atom. The Kier molecular flexibility index (Phi) is 3.87. The van der Waals surface area contributed by atoms with E-state index in [0.717, 1.165) is 30.2 Å². The summed E-state index contributed by atoms with van der Waals surface area (Å²) in [6.45, 7) is 3.83. The average Bonchev–Trinajstić information content (AvgIpc) is 3.12. The standard InChI is InChI=1S/C18H17N5O3/c1-3-4-5-11-8-15(24)26-17-10(2)16(25)13(9-12(11)17)14-6-7-19-18-20-21-22-23(14)18/h6-9,25H,3-5H2,1-2H3. The number of aromatic nitrogens is 5. The maximum atomic E-state index is 11.9. The van der Waals surface area contributed by atoms with Crippen LogP contribution in [0.25, 0.3) is 28.0 Å². The maximum absolute atomic E-state index is 11.9. The number of tetrazole rings is 1. The number of unbranched alkanes of at least 4 members (excludes halogenated alkanes) is 1. The van der Waals surface area contributed by atoms with Gasteiger partial charge in [-0.25, -0.2) is 9.78 Å². The molecule has 8 heteroatoms. The molecule has 0 saturated carbocycles. The van der Waals surface area contributed by atoms with Crippen LogP contribution < -0.4 is 5.63 Å². The van der Waals surface area contributed by atoms with Crippen molar-refractivity contribution in [1.82, 2.24) is 25.0 Å². The minimum atomic E-state index is -0.411. The summed E-state index contributed by atoms with van der Waals surface area (Å²) in [4.78, 5) is 16.0. The van der Waals surface area contributed by atoms with Gasteiger partial charge in [-0.15, -0.1) is 0 Å². The molecule has 1 aromatic carbocycles. The molecule has 132 valence electrons. The van der Waals surface area contributed by atoms with Gasteiger partial charge in [0.05, 0.1) is 5.69 Å². The van der Waals surface area contributed by atoms with Crippen LogP contribution in [0.15, 0.2) is 33.6 Å². The third kappa shape index (κ3) is 2.50. The van der Waals surface area contributed by atoms with E-state index < -0.39 is 5.63 Å². The Bertz CT molecular complexity index is 1180. The van der Waals surface area contributed by atoms with Gasteiger partial charge >= 0.3 is 5.63 Å². The van der Waals surface area contributed by atoms with Crippen LogP contribution in [0, 0.1) is 6.92 Å². The van der Waals surface area contributed by atoms with Crippen molar-refractivity contribution in [3.63, 3.8) is 0 Å². The van der Waals surface area contributed by atoms with Crippen molar-refractivity contribution in [2.75, 3.05) is 0 Å². The Balaban J connectivity index is 2.05. The topological polar surface area (TPSA) is 106 Å². The first-order chi connectivity index (χ1) is 12.6. The van der Waals surface area contributed by atoms with Crippen LogP contribution in [0.5, 0.6) is 5.75 Å². The molecule has 0 radical (unpaired) electrons. The molecule has 0 aliphatic rings. The molecule has 0 atom stereocenters. The van der Waals surface area contributed by atoms with Crippen molar-refractivity contribution < 1.29 is 9.52 Å². The molecule has 4 aromatic rings. The molecule has 0 aliphatic heterocycles. The highest BCUT2D eigenvalue weighted by molar-refractivity contribution is 5.91. The summed E-state index contributed by atoms with van der Waals surface area (Å²) in [5.74, 6) is 0.363. The zero-order valence-electron chi connectivity index (χ0n) is 14.4. The van der Waals surface area contributed by atoms with E-state index in [9.17, 15) is 9.90 Å². The van der Waals surface area contributed by atoms with Gasteiger partial charge < -0.3 is 9.52 Å². The van der Waals surface area contributed by atoms with E-state index in [1.807, 2.05) is 6.07 Å². The highest BCUT2D eigenvalue weighted by atomic mass is 16.4. The summed E-state index contributed by atoms with van der Waals surface area (Å²) < 4.78 is 6.85. The number of aryl methyl sites for hydroxylation is 2.